The van der Waals surface area contributed by atoms with Crippen molar-refractivity contribution in [3.8, 4) is 0 Å². The molecule has 10 heterocycles. The highest BCUT2D eigenvalue weighted by Gasteiger charge is 2.68. The number of ketones is 1. The third-order valence-corrected chi connectivity index (χ3v) is 14.3. The second-order valence-corrected chi connectivity index (χ2v) is 17.8. The molecule has 1 N–H and O–H groups in total. The number of ether oxygens (including phenoxy) is 8. The first-order chi connectivity index (χ1) is 25.6. The van der Waals surface area contributed by atoms with E-state index in [1.165, 1.54) is 0 Å². The number of rotatable bonds is 4. The smallest absolute Gasteiger partial charge is 0.172 e. The summed E-state index contributed by atoms with van der Waals surface area (Å²) in [6.07, 6.45) is 5.39. The molecular weight excluding hydrogens is 682 g/mol. The van der Waals surface area contributed by atoms with E-state index in [1.54, 1.807) is 0 Å². The number of aliphatic hydroxyl groups excluding tert-OH is 1. The number of hydrogen-bond donors (Lipinski definition) is 1. The van der Waals surface area contributed by atoms with Gasteiger partial charge < -0.3 is 43.0 Å². The Hall–Kier alpha value is -1.90. The molecule has 19 atom stereocenters. The molecule has 0 aliphatic carbocycles. The van der Waals surface area contributed by atoms with Gasteiger partial charge in [-0.05, 0) is 85.8 Å². The maximum absolute atomic E-state index is 14.0. The monoisotopic (exact) mass is 739 g/mol. The normalized spacial score (nSPS) is 51.4. The molecule has 0 aromatic rings. The average Bonchev–Trinajstić information content (AvgIpc) is 3.79. The summed E-state index contributed by atoms with van der Waals surface area (Å²) in [6, 6.07) is 0. The standard InChI is InChI=1S/C40H57N3O10/c1-19-11-25-5-7-29-20(2)12-27(46-29)9-10-40-17-34-36(52-40)37-38(51-34)39(53-40)35-30(50-37)8-6-26(48-35)13-23(44)14-28-22(4)31(15-24(45)18-42-43-41)49-33(28)16-32(47-25)21(19)3/h19,22,24-39,45H,2-3,5-18H2,1,4H3/t19-,22-,24+,25?,26?,27?,28-,29+,30+,31-,32-,33?,34-,35+,36?,37+,38-,39+,40+/m1/s1. The molecule has 1 spiro atoms. The lowest BCUT2D eigenvalue weighted by molar-refractivity contribution is -0.292. The van der Waals surface area contributed by atoms with Gasteiger partial charge in [-0.3, -0.25) is 4.79 Å². The summed E-state index contributed by atoms with van der Waals surface area (Å²) in [5.74, 6) is -0.449. The van der Waals surface area contributed by atoms with Crippen molar-refractivity contribution in [3.05, 3.63) is 34.7 Å². The molecule has 0 radical (unpaired) electrons. The van der Waals surface area contributed by atoms with E-state index in [2.05, 4.69) is 37.0 Å². The second-order valence-electron chi connectivity index (χ2n) is 17.8. The van der Waals surface area contributed by atoms with Gasteiger partial charge in [0.1, 0.15) is 36.3 Å². The lowest BCUT2D eigenvalue weighted by Crippen LogP contribution is -2.61. The Bertz CT molecular complexity index is 1490. The van der Waals surface area contributed by atoms with Crippen LogP contribution >= 0.6 is 0 Å². The Morgan fingerprint density at radius 3 is 2.42 bits per heavy atom. The second kappa shape index (κ2) is 14.6. The number of carbonyl (C=O) groups excluding carboxylic acids is 1. The molecule has 0 amide bonds. The number of fused-ring (bicyclic) bond motifs is 6. The van der Waals surface area contributed by atoms with E-state index in [-0.39, 0.29) is 116 Å². The fourth-order valence-electron chi connectivity index (χ4n) is 11.4. The van der Waals surface area contributed by atoms with Gasteiger partial charge in [0.15, 0.2) is 5.79 Å². The highest BCUT2D eigenvalue weighted by Crippen LogP contribution is 2.54. The predicted octanol–water partition coefficient (Wildman–Crippen LogP) is 5.41. The largest absolute Gasteiger partial charge is 0.393 e. The van der Waals surface area contributed by atoms with Gasteiger partial charge in [0.05, 0.1) is 67.6 Å². The highest BCUT2D eigenvalue weighted by molar-refractivity contribution is 5.79. The van der Waals surface area contributed by atoms with Crippen molar-refractivity contribution < 1.29 is 47.8 Å². The number of aliphatic hydroxyl groups is 1. The fourth-order valence-corrected chi connectivity index (χ4v) is 11.4. The van der Waals surface area contributed by atoms with Crippen LogP contribution in [-0.2, 0) is 42.7 Å². The summed E-state index contributed by atoms with van der Waals surface area (Å²) in [4.78, 5) is 16.9. The topological polar surface area (TPSA) is 160 Å². The molecular formula is C40H57N3O10. The minimum atomic E-state index is -0.830. The quantitative estimate of drug-likeness (QED) is 0.171. The zero-order valence-electron chi connectivity index (χ0n) is 31.2. The Morgan fingerprint density at radius 2 is 1.57 bits per heavy atom. The summed E-state index contributed by atoms with van der Waals surface area (Å²) in [5.41, 5.74) is 11.0. The molecule has 53 heavy (non-hydrogen) atoms. The average molecular weight is 740 g/mol. The van der Waals surface area contributed by atoms with Gasteiger partial charge in [0.2, 0.25) is 0 Å². The number of nitrogens with zero attached hydrogens (tertiary/aromatic N) is 3. The van der Waals surface area contributed by atoms with Crippen molar-refractivity contribution >= 4 is 5.78 Å². The Morgan fingerprint density at radius 1 is 0.811 bits per heavy atom. The van der Waals surface area contributed by atoms with E-state index in [1.807, 2.05) is 0 Å². The predicted molar refractivity (Wildman–Crippen MR) is 190 cm³/mol. The Kier molecular flexibility index (Phi) is 10.1. The van der Waals surface area contributed by atoms with Crippen LogP contribution in [0.15, 0.2) is 29.4 Å². The molecule has 10 aliphatic rings. The summed E-state index contributed by atoms with van der Waals surface area (Å²) >= 11 is 0. The van der Waals surface area contributed by atoms with E-state index in [9.17, 15) is 9.90 Å². The maximum Gasteiger partial charge on any atom is 0.172 e. The van der Waals surface area contributed by atoms with Crippen LogP contribution in [0.2, 0.25) is 0 Å². The van der Waals surface area contributed by atoms with E-state index in [0.717, 1.165) is 56.1 Å². The third kappa shape index (κ3) is 6.95. The molecule has 12 bridgehead atoms. The molecule has 0 aromatic carbocycles. The Balaban J connectivity index is 0.979. The summed E-state index contributed by atoms with van der Waals surface area (Å²) in [7, 11) is 0. The zero-order valence-corrected chi connectivity index (χ0v) is 31.2. The maximum atomic E-state index is 14.0. The SMILES string of the molecule is C=C1CC2CC[C@@]34C[C@H]5O[C@H]6[C@@H](O3)[C@H]3OC(CC[C@@H]3O[C@H]6C5O4)CC(=O)C[C@H]3C(C[C@H]4OC(CC[C@@H]1O2)C[C@@H](C)C4=C)O[C@H](C[C@H](O)CN=[N+]=[N-])[C@@H]3C. The van der Waals surface area contributed by atoms with Gasteiger partial charge in [-0.15, -0.1) is 0 Å². The summed E-state index contributed by atoms with van der Waals surface area (Å²) in [6.45, 7) is 13.2. The van der Waals surface area contributed by atoms with Crippen LogP contribution in [-0.4, -0.2) is 115 Å². The third-order valence-electron chi connectivity index (χ3n) is 14.3. The number of hydrogen-bond acceptors (Lipinski definition) is 11. The highest BCUT2D eigenvalue weighted by atomic mass is 16.8. The molecule has 13 heteroatoms. The van der Waals surface area contributed by atoms with Crippen LogP contribution in [0.3, 0.4) is 0 Å². The first-order valence-electron chi connectivity index (χ1n) is 20.4. The van der Waals surface area contributed by atoms with Gasteiger partial charge in [-0.2, -0.15) is 0 Å². The zero-order chi connectivity index (χ0) is 36.6. The first kappa shape index (κ1) is 36.7. The first-order valence-corrected chi connectivity index (χ1v) is 20.4. The van der Waals surface area contributed by atoms with E-state index in [4.69, 9.17) is 43.4 Å². The van der Waals surface area contributed by atoms with Gasteiger partial charge in [0, 0.05) is 37.0 Å². The lowest BCUT2D eigenvalue weighted by Gasteiger charge is -2.47. The summed E-state index contributed by atoms with van der Waals surface area (Å²) < 4.78 is 54.0. The van der Waals surface area contributed by atoms with Crippen molar-refractivity contribution in [2.45, 2.75) is 195 Å². The van der Waals surface area contributed by atoms with Crippen molar-refractivity contribution in [1.82, 2.24) is 0 Å². The minimum absolute atomic E-state index is 0.00591. The van der Waals surface area contributed by atoms with Gasteiger partial charge >= 0.3 is 0 Å². The van der Waals surface area contributed by atoms with E-state index in [0.29, 0.717) is 38.5 Å². The van der Waals surface area contributed by atoms with Crippen molar-refractivity contribution in [1.29, 1.82) is 0 Å². The minimum Gasteiger partial charge on any atom is -0.393 e. The van der Waals surface area contributed by atoms with Gasteiger partial charge in [0.25, 0.3) is 0 Å². The molecule has 10 fully saturated rings. The van der Waals surface area contributed by atoms with E-state index >= 15 is 0 Å². The van der Waals surface area contributed by atoms with Gasteiger partial charge in [-0.1, -0.05) is 32.1 Å². The summed E-state index contributed by atoms with van der Waals surface area (Å²) in [5, 5.41) is 14.3. The van der Waals surface area contributed by atoms with E-state index < -0.39 is 11.9 Å². The van der Waals surface area contributed by atoms with Crippen LogP contribution in [0.4, 0.5) is 0 Å². The molecule has 292 valence electrons. The lowest BCUT2D eigenvalue weighted by atomic mass is 9.78. The van der Waals surface area contributed by atoms with Crippen LogP contribution in [0, 0.1) is 17.8 Å². The van der Waals surface area contributed by atoms with Crippen LogP contribution in [0.25, 0.3) is 10.4 Å². The molecule has 10 saturated heterocycles. The van der Waals surface area contributed by atoms with Crippen LogP contribution in [0.5, 0.6) is 0 Å². The van der Waals surface area contributed by atoms with Crippen molar-refractivity contribution in [3.63, 3.8) is 0 Å². The molecule has 5 unspecified atom stereocenters. The molecule has 10 rings (SSSR count). The van der Waals surface area contributed by atoms with Crippen LogP contribution in [0.1, 0.15) is 97.3 Å². The number of Topliss-reactive ketones (excluding diaryl/α,β-unsaturated/α-hetero) is 1. The number of azide groups is 1. The molecule has 10 aliphatic heterocycles. The fraction of sp³-hybridized carbons (Fsp3) is 0.875. The molecule has 13 nitrogen and oxygen atoms in total. The Labute approximate surface area is 312 Å². The van der Waals surface area contributed by atoms with Crippen molar-refractivity contribution in [2.75, 3.05) is 6.54 Å². The number of carbonyl (C=O) groups is 1. The van der Waals surface area contributed by atoms with Crippen molar-refractivity contribution in [2.24, 2.45) is 22.9 Å². The van der Waals surface area contributed by atoms with Crippen LogP contribution < -0.4 is 0 Å². The molecule has 0 aromatic heterocycles. The van der Waals surface area contributed by atoms with Gasteiger partial charge in [-0.25, -0.2) is 0 Å². The molecule has 0 saturated carbocycles.